The van der Waals surface area contributed by atoms with Crippen molar-refractivity contribution in [3.63, 3.8) is 0 Å². The number of esters is 3. The summed E-state index contributed by atoms with van der Waals surface area (Å²) in [6.45, 7) is 1.83. The number of H-pyrrole nitrogens is 1. The number of ether oxygens (including phenoxy) is 7. The van der Waals surface area contributed by atoms with Crippen molar-refractivity contribution in [2.45, 2.75) is 87.4 Å². The number of carbonyl (C=O) groups excluding carboxylic acids is 6. The largest absolute Gasteiger partial charge is 0.455 e. The number of benzene rings is 3. The number of aromatic nitrogens is 2. The molecule has 3 aliphatic heterocycles. The van der Waals surface area contributed by atoms with Gasteiger partial charge < -0.3 is 49.5 Å². The summed E-state index contributed by atoms with van der Waals surface area (Å²) in [5.74, 6) is -6.01. The first-order chi connectivity index (χ1) is 31.3. The lowest BCUT2D eigenvalue weighted by Crippen LogP contribution is -2.56. The molecule has 2 saturated heterocycles. The highest BCUT2D eigenvalue weighted by atomic mass is 16.7. The van der Waals surface area contributed by atoms with Gasteiger partial charge >= 0.3 is 23.6 Å². The summed E-state index contributed by atoms with van der Waals surface area (Å²) in [7, 11) is 1.19. The molecule has 20 heteroatoms. The number of amides is 3. The summed E-state index contributed by atoms with van der Waals surface area (Å²) in [4.78, 5) is 109. The molecule has 340 valence electrons. The fraction of sp³-hybridized carbons (Fsp3) is 0.333. The van der Waals surface area contributed by atoms with Crippen LogP contribution in [0.5, 0.6) is 0 Å². The molecular weight excluding hydrogens is 851 g/mol. The van der Waals surface area contributed by atoms with Crippen molar-refractivity contribution >= 4 is 35.6 Å². The Balaban J connectivity index is 1.28. The molecule has 65 heavy (non-hydrogen) atoms. The van der Waals surface area contributed by atoms with Gasteiger partial charge in [0.2, 0.25) is 24.2 Å². The van der Waals surface area contributed by atoms with E-state index >= 15 is 0 Å². The molecule has 3 aromatic carbocycles. The monoisotopic (exact) mass is 895 g/mol. The first kappa shape index (κ1) is 45.6. The summed E-state index contributed by atoms with van der Waals surface area (Å²) in [5.41, 5.74) is 4.48. The number of nitrogens with two attached hydrogens (primary N) is 1. The Hall–Kier alpha value is -7.42. The SMILES string of the molecule is CO[C@H]1[C@@H](OC(=O)c2ccccc2)[C@H](n2ccc(=O)[nH]c2=O)O[C@@H]1[C@@H](O[C@H]1OC(C(=O)N[C@H]2CCC[C@@H](C)NC2=O)=CC(OC(=O)c2ccccc2)[C@@H]1OC(=O)c1ccccc1)C(N)=O. The maximum atomic E-state index is 14.1. The third-order valence-corrected chi connectivity index (χ3v) is 10.8. The maximum absolute atomic E-state index is 14.1. The molecule has 10 atom stereocenters. The Kier molecular flexibility index (Phi) is 14.3. The second-order valence-corrected chi connectivity index (χ2v) is 15.3. The minimum Gasteiger partial charge on any atom is -0.455 e. The number of rotatable bonds is 14. The minimum absolute atomic E-state index is 0.0443. The topological polar surface area (TPSA) is 272 Å². The summed E-state index contributed by atoms with van der Waals surface area (Å²) in [6, 6.07) is 23.0. The van der Waals surface area contributed by atoms with Crippen LogP contribution in [0, 0.1) is 0 Å². The van der Waals surface area contributed by atoms with Crippen LogP contribution in [0.15, 0.2) is 125 Å². The standard InChI is InChI=1S/C45H45N5O15/c1-24-13-12-20-28(38(53)47-24)48-39(54)30-23-29(60-41(55)25-14-6-3-7-15-25)32(63-42(56)26-16-8-4-9-17-26)44(61-30)65-35(37(46)52)34-33(59-2)36(64-43(57)27-18-10-5-11-19-27)40(62-34)50-22-21-31(51)49-45(50)58/h3-11,14-19,21-24,28-29,32-36,40,44H,12-13,20H2,1-2H3,(H2,46,52)(H,47,53)(H,48,54)(H,49,51,58)/t24-,28+,29?,32+,33-,34+,35-,36-,40-,44-/m1/s1. The molecule has 4 aromatic rings. The Morgan fingerprint density at radius 2 is 1.34 bits per heavy atom. The molecule has 0 bridgehead atoms. The Labute approximate surface area is 369 Å². The zero-order chi connectivity index (χ0) is 46.2. The van der Waals surface area contributed by atoms with E-state index in [1.807, 2.05) is 6.92 Å². The molecule has 4 heterocycles. The van der Waals surface area contributed by atoms with E-state index in [-0.39, 0.29) is 29.2 Å². The van der Waals surface area contributed by atoms with Gasteiger partial charge in [-0.05, 0) is 62.6 Å². The molecule has 5 N–H and O–H groups in total. The average molecular weight is 896 g/mol. The lowest BCUT2D eigenvalue weighted by atomic mass is 10.0. The number of nitrogens with zero attached hydrogens (tertiary/aromatic N) is 1. The molecule has 1 unspecified atom stereocenters. The number of hydrogen-bond donors (Lipinski definition) is 4. The molecule has 3 amide bonds. The van der Waals surface area contributed by atoms with E-state index in [1.165, 1.54) is 43.5 Å². The van der Waals surface area contributed by atoms with Crippen LogP contribution >= 0.6 is 0 Å². The predicted molar refractivity (Wildman–Crippen MR) is 223 cm³/mol. The van der Waals surface area contributed by atoms with Crippen molar-refractivity contribution in [2.24, 2.45) is 5.73 Å². The Bertz CT molecular complexity index is 2530. The van der Waals surface area contributed by atoms with Gasteiger partial charge in [0.25, 0.3) is 11.5 Å². The second-order valence-electron chi connectivity index (χ2n) is 15.3. The Morgan fingerprint density at radius 1 is 0.769 bits per heavy atom. The lowest BCUT2D eigenvalue weighted by Gasteiger charge is -2.38. The summed E-state index contributed by atoms with van der Waals surface area (Å²) in [6.07, 6.45) is -10.2. The molecule has 2 fully saturated rings. The van der Waals surface area contributed by atoms with Crippen LogP contribution in [0.3, 0.4) is 0 Å². The van der Waals surface area contributed by atoms with Crippen molar-refractivity contribution in [1.82, 2.24) is 20.2 Å². The van der Waals surface area contributed by atoms with E-state index in [0.717, 1.165) is 22.9 Å². The molecule has 1 aromatic heterocycles. The predicted octanol–water partition coefficient (Wildman–Crippen LogP) is 1.41. The molecule has 0 radical (unpaired) electrons. The zero-order valence-electron chi connectivity index (χ0n) is 34.9. The van der Waals surface area contributed by atoms with Gasteiger partial charge in [0.05, 0.1) is 16.7 Å². The molecule has 3 aliphatic rings. The maximum Gasteiger partial charge on any atom is 0.338 e. The van der Waals surface area contributed by atoms with Crippen molar-refractivity contribution in [3.8, 4) is 0 Å². The van der Waals surface area contributed by atoms with Crippen LogP contribution in [-0.4, -0.2) is 107 Å². The highest BCUT2D eigenvalue weighted by molar-refractivity contribution is 5.96. The van der Waals surface area contributed by atoms with E-state index in [1.54, 1.807) is 54.6 Å². The number of carbonyl (C=O) groups is 6. The second kappa shape index (κ2) is 20.4. The van der Waals surface area contributed by atoms with Crippen LogP contribution < -0.4 is 27.6 Å². The van der Waals surface area contributed by atoms with Crippen LogP contribution in [0.2, 0.25) is 0 Å². The van der Waals surface area contributed by atoms with Crippen molar-refractivity contribution in [2.75, 3.05) is 7.11 Å². The Morgan fingerprint density at radius 3 is 1.89 bits per heavy atom. The number of aromatic amines is 1. The number of hydrogen-bond acceptors (Lipinski definition) is 15. The third-order valence-electron chi connectivity index (χ3n) is 10.8. The van der Waals surface area contributed by atoms with Gasteiger partial charge in [-0.2, -0.15) is 0 Å². The van der Waals surface area contributed by atoms with Gasteiger partial charge in [-0.25, -0.2) is 19.2 Å². The van der Waals surface area contributed by atoms with E-state index in [0.29, 0.717) is 12.8 Å². The quantitative estimate of drug-likeness (QED) is 0.103. The van der Waals surface area contributed by atoms with Gasteiger partial charge in [-0.3, -0.25) is 28.7 Å². The number of nitrogens with one attached hydrogen (secondary N) is 3. The van der Waals surface area contributed by atoms with Crippen LogP contribution in [-0.2, 0) is 47.5 Å². The van der Waals surface area contributed by atoms with Gasteiger partial charge in [0.1, 0.15) is 18.2 Å². The highest BCUT2D eigenvalue weighted by Gasteiger charge is 2.55. The first-order valence-corrected chi connectivity index (χ1v) is 20.5. The van der Waals surface area contributed by atoms with E-state index in [2.05, 4.69) is 15.6 Å². The summed E-state index contributed by atoms with van der Waals surface area (Å²) < 4.78 is 43.0. The van der Waals surface area contributed by atoms with Gasteiger partial charge in [-0.15, -0.1) is 0 Å². The van der Waals surface area contributed by atoms with E-state index in [9.17, 15) is 38.4 Å². The summed E-state index contributed by atoms with van der Waals surface area (Å²) in [5, 5.41) is 5.45. The van der Waals surface area contributed by atoms with E-state index < -0.39 is 108 Å². The molecule has 7 rings (SSSR count). The van der Waals surface area contributed by atoms with Gasteiger partial charge in [-0.1, -0.05) is 54.6 Å². The highest BCUT2D eigenvalue weighted by Crippen LogP contribution is 2.37. The molecule has 0 spiro atoms. The minimum atomic E-state index is -2.04. The number of primary amides is 1. The molecule has 0 aliphatic carbocycles. The fourth-order valence-corrected chi connectivity index (χ4v) is 7.53. The fourth-order valence-electron chi connectivity index (χ4n) is 7.53. The smallest absolute Gasteiger partial charge is 0.338 e. The van der Waals surface area contributed by atoms with Crippen molar-refractivity contribution in [3.05, 3.63) is 153 Å². The average Bonchev–Trinajstić information content (AvgIpc) is 3.56. The normalized spacial score (nSPS) is 25.6. The molecular formula is C45H45N5O15. The zero-order valence-corrected chi connectivity index (χ0v) is 34.9. The van der Waals surface area contributed by atoms with Crippen LogP contribution in [0.25, 0.3) is 0 Å². The third kappa shape index (κ3) is 10.7. The lowest BCUT2D eigenvalue weighted by molar-refractivity contribution is -0.241. The van der Waals surface area contributed by atoms with Crippen molar-refractivity contribution < 1.29 is 61.9 Å². The van der Waals surface area contributed by atoms with Crippen LogP contribution in [0.1, 0.15) is 63.5 Å². The van der Waals surface area contributed by atoms with Gasteiger partial charge in [0, 0.05) is 31.5 Å². The first-order valence-electron chi connectivity index (χ1n) is 20.5. The summed E-state index contributed by atoms with van der Waals surface area (Å²) >= 11 is 0. The molecule has 20 nitrogen and oxygen atoms in total. The van der Waals surface area contributed by atoms with Crippen LogP contribution in [0.4, 0.5) is 0 Å². The molecule has 0 saturated carbocycles. The number of methoxy groups -OCH3 is 1. The van der Waals surface area contributed by atoms with Gasteiger partial charge in [0.15, 0.2) is 30.3 Å². The van der Waals surface area contributed by atoms with E-state index in [4.69, 9.17) is 38.9 Å². The van der Waals surface area contributed by atoms with Crippen molar-refractivity contribution in [1.29, 1.82) is 0 Å².